The molecular weight excluding hydrogens is 416 g/mol. The average Bonchev–Trinajstić information content (AvgIpc) is 2.88. The number of carbonyl (C=O) groups excluding carboxylic acids is 1. The quantitative estimate of drug-likeness (QED) is 0.768. The van der Waals surface area contributed by atoms with Crippen LogP contribution in [-0.4, -0.2) is 35.6 Å². The van der Waals surface area contributed by atoms with Crippen LogP contribution in [0.1, 0.15) is 23.1 Å². The van der Waals surface area contributed by atoms with Gasteiger partial charge in [0.25, 0.3) is 10.0 Å². The van der Waals surface area contributed by atoms with Gasteiger partial charge in [-0.3, -0.25) is 9.52 Å². The molecule has 156 valence electrons. The standard InChI is InChI=1S/C19H22N2O6S2/c1-12-5-6-16(27-4)11-17(12)20-29(25,26)19-13(2)9-15(10-14(19)3)21-18(22)7-8-28(21,23)24/h5-6,9-11,20H,7-8H2,1-4H3. The van der Waals surface area contributed by atoms with Gasteiger partial charge in [-0.25, -0.2) is 21.1 Å². The number of methoxy groups -OCH3 is 1. The van der Waals surface area contributed by atoms with Crippen molar-refractivity contribution in [2.75, 3.05) is 21.9 Å². The van der Waals surface area contributed by atoms with Crippen LogP contribution in [0.5, 0.6) is 5.75 Å². The molecule has 1 heterocycles. The Morgan fingerprint density at radius 3 is 2.17 bits per heavy atom. The van der Waals surface area contributed by atoms with Gasteiger partial charge in [-0.15, -0.1) is 0 Å². The van der Waals surface area contributed by atoms with Gasteiger partial charge in [0.1, 0.15) is 5.75 Å². The molecule has 0 spiro atoms. The number of ether oxygens (including phenoxy) is 1. The minimum absolute atomic E-state index is 0.0347. The molecule has 0 bridgehead atoms. The number of hydrogen-bond acceptors (Lipinski definition) is 6. The molecule has 29 heavy (non-hydrogen) atoms. The highest BCUT2D eigenvalue weighted by Gasteiger charge is 2.37. The summed E-state index contributed by atoms with van der Waals surface area (Å²) < 4.78 is 59.0. The monoisotopic (exact) mass is 438 g/mol. The van der Waals surface area contributed by atoms with E-state index in [2.05, 4.69) is 4.72 Å². The van der Waals surface area contributed by atoms with Crippen molar-refractivity contribution in [1.82, 2.24) is 0 Å². The molecule has 1 N–H and O–H groups in total. The summed E-state index contributed by atoms with van der Waals surface area (Å²) in [5, 5.41) is 0. The van der Waals surface area contributed by atoms with E-state index in [1.807, 2.05) is 0 Å². The molecule has 0 radical (unpaired) electrons. The van der Waals surface area contributed by atoms with Crippen molar-refractivity contribution >= 4 is 37.3 Å². The van der Waals surface area contributed by atoms with E-state index in [4.69, 9.17) is 4.74 Å². The molecule has 3 rings (SSSR count). The van der Waals surface area contributed by atoms with Crippen LogP contribution in [0.25, 0.3) is 0 Å². The van der Waals surface area contributed by atoms with Crippen LogP contribution in [0.2, 0.25) is 0 Å². The highest BCUT2D eigenvalue weighted by molar-refractivity contribution is 7.94. The molecule has 2 aromatic rings. The minimum atomic E-state index is -3.96. The maximum atomic E-state index is 13.1. The van der Waals surface area contributed by atoms with Gasteiger partial charge < -0.3 is 4.74 Å². The fourth-order valence-electron chi connectivity index (χ4n) is 3.37. The summed E-state index contributed by atoms with van der Waals surface area (Å²) in [6.45, 7) is 4.90. The Hall–Kier alpha value is -2.59. The lowest BCUT2D eigenvalue weighted by atomic mass is 10.1. The Morgan fingerprint density at radius 2 is 1.66 bits per heavy atom. The summed E-state index contributed by atoms with van der Waals surface area (Å²) in [5.74, 6) is -0.264. The zero-order valence-corrected chi connectivity index (χ0v) is 18.1. The normalized spacial score (nSPS) is 16.1. The lowest BCUT2D eigenvalue weighted by Crippen LogP contribution is -2.29. The Labute approximate surface area is 170 Å². The zero-order valence-electron chi connectivity index (χ0n) is 16.5. The van der Waals surface area contributed by atoms with E-state index in [0.29, 0.717) is 22.6 Å². The molecule has 1 aliphatic heterocycles. The van der Waals surface area contributed by atoms with Crippen molar-refractivity contribution in [3.63, 3.8) is 0 Å². The maximum absolute atomic E-state index is 13.1. The second-order valence-electron chi connectivity index (χ2n) is 6.92. The molecule has 2 aromatic carbocycles. The van der Waals surface area contributed by atoms with Gasteiger partial charge in [-0.05, 0) is 55.7 Å². The molecule has 0 unspecified atom stereocenters. The van der Waals surface area contributed by atoms with Crippen LogP contribution < -0.4 is 13.8 Å². The Bertz CT molecular complexity index is 1180. The lowest BCUT2D eigenvalue weighted by Gasteiger charge is -2.20. The Balaban J connectivity index is 2.04. The van der Waals surface area contributed by atoms with Crippen molar-refractivity contribution in [2.45, 2.75) is 32.1 Å². The topological polar surface area (TPSA) is 110 Å². The van der Waals surface area contributed by atoms with Crippen LogP contribution in [0, 0.1) is 20.8 Å². The van der Waals surface area contributed by atoms with E-state index in [9.17, 15) is 21.6 Å². The van der Waals surface area contributed by atoms with Gasteiger partial charge in [0.2, 0.25) is 15.9 Å². The highest BCUT2D eigenvalue weighted by atomic mass is 32.2. The Kier molecular flexibility index (Phi) is 5.35. The molecule has 1 fully saturated rings. The van der Waals surface area contributed by atoms with E-state index in [1.165, 1.54) is 19.2 Å². The van der Waals surface area contributed by atoms with Gasteiger partial charge in [0, 0.05) is 12.5 Å². The molecule has 1 saturated heterocycles. The molecule has 8 nitrogen and oxygen atoms in total. The van der Waals surface area contributed by atoms with Crippen molar-refractivity contribution in [2.24, 2.45) is 0 Å². The van der Waals surface area contributed by atoms with Crippen LogP contribution in [-0.2, 0) is 24.8 Å². The summed E-state index contributed by atoms with van der Waals surface area (Å²) >= 11 is 0. The van der Waals surface area contributed by atoms with Gasteiger partial charge >= 0.3 is 0 Å². The Morgan fingerprint density at radius 1 is 1.03 bits per heavy atom. The van der Waals surface area contributed by atoms with Crippen LogP contribution in [0.15, 0.2) is 35.2 Å². The number of benzene rings is 2. The first-order valence-electron chi connectivity index (χ1n) is 8.81. The van der Waals surface area contributed by atoms with Gasteiger partial charge in [-0.2, -0.15) is 0 Å². The molecular formula is C19H22N2O6S2. The second-order valence-corrected chi connectivity index (χ2v) is 10.5. The number of nitrogens with zero attached hydrogens (tertiary/aromatic N) is 1. The first-order valence-corrected chi connectivity index (χ1v) is 11.9. The number of rotatable bonds is 5. The first-order chi connectivity index (χ1) is 13.5. The average molecular weight is 439 g/mol. The van der Waals surface area contributed by atoms with Crippen LogP contribution >= 0.6 is 0 Å². The van der Waals surface area contributed by atoms with Crippen molar-refractivity contribution in [3.8, 4) is 5.75 Å². The molecule has 1 amide bonds. The van der Waals surface area contributed by atoms with Crippen molar-refractivity contribution in [1.29, 1.82) is 0 Å². The van der Waals surface area contributed by atoms with E-state index >= 15 is 0 Å². The predicted molar refractivity (Wildman–Crippen MR) is 110 cm³/mol. The number of carbonyl (C=O) groups is 1. The molecule has 0 atom stereocenters. The summed E-state index contributed by atoms with van der Waals surface area (Å²) in [7, 11) is -6.20. The van der Waals surface area contributed by atoms with Gasteiger partial charge in [0.15, 0.2) is 0 Å². The smallest absolute Gasteiger partial charge is 0.262 e. The number of amides is 1. The summed E-state index contributed by atoms with van der Waals surface area (Å²) in [6.07, 6.45) is -0.0862. The minimum Gasteiger partial charge on any atom is -0.497 e. The second kappa shape index (κ2) is 7.34. The third-order valence-corrected chi connectivity index (χ3v) is 8.08. The highest BCUT2D eigenvalue weighted by Crippen LogP contribution is 2.32. The largest absolute Gasteiger partial charge is 0.497 e. The van der Waals surface area contributed by atoms with Gasteiger partial charge in [-0.1, -0.05) is 6.07 Å². The van der Waals surface area contributed by atoms with E-state index < -0.39 is 26.0 Å². The summed E-state index contributed by atoms with van der Waals surface area (Å²) in [5.41, 5.74) is 1.92. The number of anilines is 2. The molecule has 0 aliphatic carbocycles. The van der Waals surface area contributed by atoms with Crippen LogP contribution in [0.4, 0.5) is 11.4 Å². The number of hydrogen-bond donors (Lipinski definition) is 1. The molecule has 10 heteroatoms. The number of sulfonamides is 2. The van der Waals surface area contributed by atoms with Crippen LogP contribution in [0.3, 0.4) is 0 Å². The summed E-state index contributed by atoms with van der Waals surface area (Å²) in [6, 6.07) is 7.86. The molecule has 0 saturated carbocycles. The fourth-order valence-corrected chi connectivity index (χ4v) is 6.39. The SMILES string of the molecule is COc1ccc(C)c(NS(=O)(=O)c2c(C)cc(N3C(=O)CCS3(=O)=O)cc2C)c1. The lowest BCUT2D eigenvalue weighted by molar-refractivity contribution is -0.116. The van der Waals surface area contributed by atoms with Crippen molar-refractivity contribution in [3.05, 3.63) is 47.0 Å². The maximum Gasteiger partial charge on any atom is 0.262 e. The zero-order chi connectivity index (χ0) is 21.6. The van der Waals surface area contributed by atoms with E-state index in [0.717, 1.165) is 9.87 Å². The van der Waals surface area contributed by atoms with Crippen molar-refractivity contribution < 1.29 is 26.4 Å². The van der Waals surface area contributed by atoms with E-state index in [1.54, 1.807) is 39.0 Å². The fraction of sp³-hybridized carbons (Fsp3) is 0.316. The summed E-state index contributed by atoms with van der Waals surface area (Å²) in [4.78, 5) is 12.1. The van der Waals surface area contributed by atoms with Gasteiger partial charge in [0.05, 0.1) is 29.1 Å². The third-order valence-electron chi connectivity index (χ3n) is 4.72. The molecule has 0 aromatic heterocycles. The number of aryl methyl sites for hydroxylation is 3. The van der Waals surface area contributed by atoms with E-state index in [-0.39, 0.29) is 22.8 Å². The first kappa shape index (κ1) is 21.1. The number of nitrogens with one attached hydrogen (secondary N) is 1. The molecule has 1 aliphatic rings. The third kappa shape index (κ3) is 3.95. The predicted octanol–water partition coefficient (Wildman–Crippen LogP) is 2.49.